The summed E-state index contributed by atoms with van der Waals surface area (Å²) in [7, 11) is 0. The van der Waals surface area contributed by atoms with Crippen molar-refractivity contribution in [2.75, 3.05) is 5.43 Å². The smallest absolute Gasteiger partial charge is 0.270 e. The van der Waals surface area contributed by atoms with Gasteiger partial charge in [-0.25, -0.2) is 8.78 Å². The zero-order chi connectivity index (χ0) is 14.5. The number of non-ortho nitro benzene ring substituents is 1. The zero-order valence-electron chi connectivity index (χ0n) is 10.1. The molecule has 0 saturated carbocycles. The second kappa shape index (κ2) is 5.87. The van der Waals surface area contributed by atoms with Crippen LogP contribution in [0.4, 0.5) is 20.2 Å². The maximum atomic E-state index is 13.3. The lowest BCUT2D eigenvalue weighted by atomic mass is 10.2. The van der Waals surface area contributed by atoms with Crippen LogP contribution in [0, 0.1) is 21.7 Å². The summed E-state index contributed by atoms with van der Waals surface area (Å²) in [6.45, 7) is 0. The molecule has 0 saturated heterocycles. The summed E-state index contributed by atoms with van der Waals surface area (Å²) in [6, 6.07) is 8.82. The van der Waals surface area contributed by atoms with Gasteiger partial charge in [0, 0.05) is 23.8 Å². The van der Waals surface area contributed by atoms with Gasteiger partial charge in [0.05, 0.1) is 16.8 Å². The van der Waals surface area contributed by atoms with Crippen LogP contribution in [0.1, 0.15) is 5.56 Å². The van der Waals surface area contributed by atoms with Gasteiger partial charge < -0.3 is 0 Å². The Kier molecular flexibility index (Phi) is 3.99. The first-order chi connectivity index (χ1) is 9.56. The third-order valence-corrected chi connectivity index (χ3v) is 2.41. The van der Waals surface area contributed by atoms with Crippen LogP contribution in [-0.2, 0) is 0 Å². The molecule has 0 heterocycles. The molecule has 0 bridgehead atoms. The van der Waals surface area contributed by atoms with Crippen LogP contribution in [0.25, 0.3) is 0 Å². The molecule has 7 heteroatoms. The Labute approximate surface area is 112 Å². The van der Waals surface area contributed by atoms with E-state index in [4.69, 9.17) is 0 Å². The predicted molar refractivity (Wildman–Crippen MR) is 70.7 cm³/mol. The average molecular weight is 277 g/mol. The van der Waals surface area contributed by atoms with Crippen LogP contribution < -0.4 is 5.43 Å². The van der Waals surface area contributed by atoms with E-state index in [9.17, 15) is 18.9 Å². The molecule has 2 rings (SSSR count). The lowest BCUT2D eigenvalue weighted by molar-refractivity contribution is -0.384. The number of benzene rings is 2. The third-order valence-electron chi connectivity index (χ3n) is 2.41. The van der Waals surface area contributed by atoms with E-state index >= 15 is 0 Å². The molecule has 5 nitrogen and oxygen atoms in total. The Hall–Kier alpha value is -2.83. The topological polar surface area (TPSA) is 67.5 Å². The van der Waals surface area contributed by atoms with Gasteiger partial charge in [-0.3, -0.25) is 15.5 Å². The van der Waals surface area contributed by atoms with Crippen LogP contribution in [0.2, 0.25) is 0 Å². The SMILES string of the molecule is O=[N+]([O-])c1cccc(/C=N/Nc2ccc(F)cc2F)c1. The first-order valence-corrected chi connectivity index (χ1v) is 5.55. The largest absolute Gasteiger partial charge is 0.276 e. The number of nitrogens with one attached hydrogen (secondary N) is 1. The van der Waals surface area contributed by atoms with Crippen LogP contribution in [0.15, 0.2) is 47.6 Å². The molecular weight excluding hydrogens is 268 g/mol. The number of hydrazone groups is 1. The van der Waals surface area contributed by atoms with Crippen molar-refractivity contribution in [1.29, 1.82) is 0 Å². The fourth-order valence-electron chi connectivity index (χ4n) is 1.48. The molecule has 2 aromatic rings. The van der Waals surface area contributed by atoms with Crippen molar-refractivity contribution in [2.45, 2.75) is 0 Å². The van der Waals surface area contributed by atoms with Gasteiger partial charge in [0.25, 0.3) is 5.69 Å². The van der Waals surface area contributed by atoms with Gasteiger partial charge in [-0.15, -0.1) is 0 Å². The van der Waals surface area contributed by atoms with Crippen molar-refractivity contribution in [3.05, 3.63) is 69.8 Å². The molecule has 0 aliphatic rings. The third kappa shape index (κ3) is 3.35. The molecule has 102 valence electrons. The van der Waals surface area contributed by atoms with Crippen molar-refractivity contribution in [3.8, 4) is 0 Å². The predicted octanol–water partition coefficient (Wildman–Crippen LogP) is 3.32. The number of anilines is 1. The zero-order valence-corrected chi connectivity index (χ0v) is 10.1. The summed E-state index contributed by atoms with van der Waals surface area (Å²) in [4.78, 5) is 10.1. The summed E-state index contributed by atoms with van der Waals surface area (Å²) >= 11 is 0. The standard InChI is InChI=1S/C13H9F2N3O2/c14-10-4-5-13(12(15)7-10)17-16-8-9-2-1-3-11(6-9)18(19)20/h1-8,17H/b16-8+. The highest BCUT2D eigenvalue weighted by Gasteiger charge is 2.04. The van der Waals surface area contributed by atoms with E-state index in [2.05, 4.69) is 10.5 Å². The van der Waals surface area contributed by atoms with Gasteiger partial charge in [0.1, 0.15) is 5.82 Å². The van der Waals surface area contributed by atoms with E-state index in [1.807, 2.05) is 0 Å². The van der Waals surface area contributed by atoms with Crippen molar-refractivity contribution in [3.63, 3.8) is 0 Å². The van der Waals surface area contributed by atoms with Gasteiger partial charge in [0.2, 0.25) is 0 Å². The Balaban J connectivity index is 2.10. The molecule has 0 unspecified atom stereocenters. The molecule has 2 aromatic carbocycles. The van der Waals surface area contributed by atoms with Gasteiger partial charge >= 0.3 is 0 Å². The quantitative estimate of drug-likeness (QED) is 0.529. The molecule has 0 aromatic heterocycles. The molecule has 20 heavy (non-hydrogen) atoms. The van der Waals surface area contributed by atoms with Crippen molar-refractivity contribution < 1.29 is 13.7 Å². The summed E-state index contributed by atoms with van der Waals surface area (Å²) in [5.74, 6) is -1.46. The van der Waals surface area contributed by atoms with E-state index < -0.39 is 16.6 Å². The van der Waals surface area contributed by atoms with E-state index in [-0.39, 0.29) is 11.4 Å². The Morgan fingerprint density at radius 1 is 1.20 bits per heavy atom. The second-order valence-electron chi connectivity index (χ2n) is 3.85. The number of nitrogens with zero attached hydrogens (tertiary/aromatic N) is 2. The number of nitro groups is 1. The summed E-state index contributed by atoms with van der Waals surface area (Å²) in [5.41, 5.74) is 2.82. The Bertz CT molecular complexity index is 674. The van der Waals surface area contributed by atoms with Crippen molar-refractivity contribution in [2.24, 2.45) is 5.10 Å². The molecule has 0 fully saturated rings. The van der Waals surface area contributed by atoms with E-state index in [0.717, 1.165) is 12.1 Å². The minimum atomic E-state index is -0.777. The van der Waals surface area contributed by atoms with Gasteiger partial charge in [-0.05, 0) is 12.1 Å². The number of nitro benzene ring substituents is 1. The van der Waals surface area contributed by atoms with E-state index in [1.165, 1.54) is 30.5 Å². The van der Waals surface area contributed by atoms with E-state index in [0.29, 0.717) is 5.56 Å². The first-order valence-electron chi connectivity index (χ1n) is 5.55. The van der Waals surface area contributed by atoms with Gasteiger partial charge in [-0.1, -0.05) is 12.1 Å². The molecule has 0 spiro atoms. The number of halogens is 2. The fourth-order valence-corrected chi connectivity index (χ4v) is 1.48. The maximum absolute atomic E-state index is 13.3. The van der Waals surface area contributed by atoms with Crippen LogP contribution in [-0.4, -0.2) is 11.1 Å². The minimum absolute atomic E-state index is 0.00748. The lowest BCUT2D eigenvalue weighted by Gasteiger charge is -2.01. The van der Waals surface area contributed by atoms with Crippen molar-refractivity contribution in [1.82, 2.24) is 0 Å². The van der Waals surface area contributed by atoms with E-state index in [1.54, 1.807) is 6.07 Å². The highest BCUT2D eigenvalue weighted by Crippen LogP contribution is 2.15. The van der Waals surface area contributed by atoms with Gasteiger partial charge in [-0.2, -0.15) is 5.10 Å². The molecule has 0 radical (unpaired) electrons. The maximum Gasteiger partial charge on any atom is 0.270 e. The highest BCUT2D eigenvalue weighted by molar-refractivity contribution is 5.81. The summed E-state index contributed by atoms with van der Waals surface area (Å²) in [5, 5.41) is 14.3. The monoisotopic (exact) mass is 277 g/mol. The second-order valence-corrected chi connectivity index (χ2v) is 3.85. The Morgan fingerprint density at radius 2 is 2.00 bits per heavy atom. The van der Waals surface area contributed by atoms with Crippen molar-refractivity contribution >= 4 is 17.6 Å². The summed E-state index contributed by atoms with van der Waals surface area (Å²) < 4.78 is 26.0. The van der Waals surface area contributed by atoms with Crippen LogP contribution in [0.5, 0.6) is 0 Å². The normalized spacial score (nSPS) is 10.7. The fraction of sp³-hybridized carbons (Fsp3) is 0. The lowest BCUT2D eigenvalue weighted by Crippen LogP contribution is -1.95. The minimum Gasteiger partial charge on any atom is -0.276 e. The molecular formula is C13H9F2N3O2. The average Bonchev–Trinajstić information content (AvgIpc) is 2.41. The molecule has 1 N–H and O–H groups in total. The molecule has 0 amide bonds. The molecule has 0 atom stereocenters. The number of rotatable bonds is 4. The number of hydrogen-bond acceptors (Lipinski definition) is 4. The number of hydrogen-bond donors (Lipinski definition) is 1. The molecule has 0 aliphatic carbocycles. The summed E-state index contributed by atoms with van der Waals surface area (Å²) in [6.07, 6.45) is 1.30. The Morgan fingerprint density at radius 3 is 2.70 bits per heavy atom. The highest BCUT2D eigenvalue weighted by atomic mass is 19.1. The van der Waals surface area contributed by atoms with Gasteiger partial charge in [0.15, 0.2) is 5.82 Å². The van der Waals surface area contributed by atoms with Crippen LogP contribution >= 0.6 is 0 Å². The first kappa shape index (κ1) is 13.6. The molecule has 0 aliphatic heterocycles. The van der Waals surface area contributed by atoms with Crippen LogP contribution in [0.3, 0.4) is 0 Å².